The first-order valence-electron chi connectivity index (χ1n) is 6.76. The maximum absolute atomic E-state index is 12.8. The summed E-state index contributed by atoms with van der Waals surface area (Å²) in [6.07, 6.45) is 0.905. The molecular formula is C15H19FN4O. The van der Waals surface area contributed by atoms with Crippen LogP contribution in [0.4, 0.5) is 10.2 Å². The summed E-state index contributed by atoms with van der Waals surface area (Å²) in [6.45, 7) is 0.735. The lowest BCUT2D eigenvalue weighted by molar-refractivity contribution is -0.116. The standard InChI is InChI=1S/C15H19FN4O/c1-20(2)10-13-9-14(19-18-13)17-15(21)8-5-11-3-6-12(16)7-4-11/h3-4,6-7,9H,5,8,10H2,1-2H3,(H2,17,18,19,21). The third-order valence-electron chi connectivity index (χ3n) is 2.94. The van der Waals surface area contributed by atoms with Crippen molar-refractivity contribution in [2.75, 3.05) is 19.4 Å². The summed E-state index contributed by atoms with van der Waals surface area (Å²) in [4.78, 5) is 13.8. The molecule has 1 amide bonds. The van der Waals surface area contributed by atoms with Crippen molar-refractivity contribution < 1.29 is 9.18 Å². The topological polar surface area (TPSA) is 61.0 Å². The Kier molecular flexibility index (Phi) is 5.05. The highest BCUT2D eigenvalue weighted by Gasteiger charge is 2.07. The second-order valence-electron chi connectivity index (χ2n) is 5.19. The molecule has 2 rings (SSSR count). The van der Waals surface area contributed by atoms with Crippen molar-refractivity contribution in [1.29, 1.82) is 0 Å². The van der Waals surface area contributed by atoms with Gasteiger partial charge in [-0.2, -0.15) is 5.10 Å². The SMILES string of the molecule is CN(C)Cc1cc(NC(=O)CCc2ccc(F)cc2)n[nH]1. The predicted octanol–water partition coefficient (Wildman–Crippen LogP) is 2.18. The van der Waals surface area contributed by atoms with E-state index in [1.807, 2.05) is 25.1 Å². The summed E-state index contributed by atoms with van der Waals surface area (Å²) in [5, 5.41) is 9.66. The van der Waals surface area contributed by atoms with Gasteiger partial charge in [-0.1, -0.05) is 12.1 Å². The number of benzene rings is 1. The van der Waals surface area contributed by atoms with Gasteiger partial charge in [0.1, 0.15) is 5.82 Å². The van der Waals surface area contributed by atoms with Crippen molar-refractivity contribution in [3.8, 4) is 0 Å². The predicted molar refractivity (Wildman–Crippen MR) is 79.3 cm³/mol. The number of hydrogen-bond acceptors (Lipinski definition) is 3. The minimum atomic E-state index is -0.270. The Morgan fingerprint density at radius 1 is 1.33 bits per heavy atom. The van der Waals surface area contributed by atoms with Crippen LogP contribution in [0.5, 0.6) is 0 Å². The van der Waals surface area contributed by atoms with Gasteiger partial charge in [0.25, 0.3) is 0 Å². The third kappa shape index (κ3) is 5.00. The van der Waals surface area contributed by atoms with Crippen molar-refractivity contribution in [2.45, 2.75) is 19.4 Å². The average Bonchev–Trinajstić information content (AvgIpc) is 2.84. The first-order chi connectivity index (χ1) is 10.0. The molecule has 0 aliphatic carbocycles. The number of carbonyl (C=O) groups excluding carboxylic acids is 1. The maximum Gasteiger partial charge on any atom is 0.225 e. The summed E-state index contributed by atoms with van der Waals surface area (Å²) in [5.74, 6) is 0.145. The smallest absolute Gasteiger partial charge is 0.225 e. The number of rotatable bonds is 6. The van der Waals surface area contributed by atoms with E-state index in [4.69, 9.17) is 0 Å². The summed E-state index contributed by atoms with van der Waals surface area (Å²) >= 11 is 0. The summed E-state index contributed by atoms with van der Waals surface area (Å²) in [6, 6.07) is 7.98. The van der Waals surface area contributed by atoms with Gasteiger partial charge in [0, 0.05) is 19.0 Å². The van der Waals surface area contributed by atoms with Crippen LogP contribution in [0.1, 0.15) is 17.7 Å². The zero-order valence-electron chi connectivity index (χ0n) is 12.2. The lowest BCUT2D eigenvalue weighted by atomic mass is 10.1. The fourth-order valence-electron chi connectivity index (χ4n) is 1.96. The molecule has 112 valence electrons. The number of nitrogens with one attached hydrogen (secondary N) is 2. The molecule has 0 unspecified atom stereocenters. The zero-order chi connectivity index (χ0) is 15.2. The number of aromatic nitrogens is 2. The number of H-pyrrole nitrogens is 1. The Balaban J connectivity index is 1.81. The van der Waals surface area contributed by atoms with Crippen molar-refractivity contribution in [3.05, 3.63) is 47.4 Å². The van der Waals surface area contributed by atoms with Gasteiger partial charge in [0.05, 0.1) is 5.69 Å². The number of carbonyl (C=O) groups is 1. The van der Waals surface area contributed by atoms with Crippen LogP contribution >= 0.6 is 0 Å². The number of aryl methyl sites for hydroxylation is 1. The van der Waals surface area contributed by atoms with Gasteiger partial charge in [0.15, 0.2) is 5.82 Å². The van der Waals surface area contributed by atoms with Gasteiger partial charge >= 0.3 is 0 Å². The molecule has 0 radical (unpaired) electrons. The number of nitrogens with zero attached hydrogens (tertiary/aromatic N) is 2. The van der Waals surface area contributed by atoms with Crippen LogP contribution in [-0.4, -0.2) is 35.1 Å². The van der Waals surface area contributed by atoms with Crippen molar-refractivity contribution in [1.82, 2.24) is 15.1 Å². The van der Waals surface area contributed by atoms with Gasteiger partial charge in [0.2, 0.25) is 5.91 Å². The first kappa shape index (κ1) is 15.2. The Bertz CT molecular complexity index is 592. The summed E-state index contributed by atoms with van der Waals surface area (Å²) in [7, 11) is 3.92. The van der Waals surface area contributed by atoms with E-state index in [0.29, 0.717) is 18.7 Å². The van der Waals surface area contributed by atoms with Gasteiger partial charge in [-0.25, -0.2) is 4.39 Å². The van der Waals surface area contributed by atoms with E-state index in [1.54, 1.807) is 12.1 Å². The molecule has 0 saturated carbocycles. The largest absolute Gasteiger partial charge is 0.309 e. The minimum absolute atomic E-state index is 0.109. The average molecular weight is 290 g/mol. The lowest BCUT2D eigenvalue weighted by Crippen LogP contribution is -2.12. The van der Waals surface area contributed by atoms with Gasteiger partial charge in [-0.15, -0.1) is 0 Å². The molecule has 1 heterocycles. The van der Waals surface area contributed by atoms with E-state index in [0.717, 1.165) is 17.8 Å². The van der Waals surface area contributed by atoms with Gasteiger partial charge in [-0.3, -0.25) is 9.89 Å². The molecule has 1 aromatic heterocycles. The number of amides is 1. The van der Waals surface area contributed by atoms with E-state index in [2.05, 4.69) is 15.5 Å². The molecule has 0 saturated heterocycles. The molecule has 6 heteroatoms. The second-order valence-corrected chi connectivity index (χ2v) is 5.19. The Morgan fingerprint density at radius 3 is 2.71 bits per heavy atom. The van der Waals surface area contributed by atoms with Gasteiger partial charge in [-0.05, 0) is 38.2 Å². The molecular weight excluding hydrogens is 271 g/mol. The monoisotopic (exact) mass is 290 g/mol. The maximum atomic E-state index is 12.8. The Labute approximate surface area is 123 Å². The summed E-state index contributed by atoms with van der Waals surface area (Å²) in [5.41, 5.74) is 1.87. The Hall–Kier alpha value is -2.21. The van der Waals surface area contributed by atoms with Crippen LogP contribution in [0.15, 0.2) is 30.3 Å². The van der Waals surface area contributed by atoms with Crippen LogP contribution < -0.4 is 5.32 Å². The molecule has 0 aliphatic heterocycles. The molecule has 0 fully saturated rings. The highest BCUT2D eigenvalue weighted by atomic mass is 19.1. The molecule has 5 nitrogen and oxygen atoms in total. The molecule has 0 spiro atoms. The van der Waals surface area contributed by atoms with Crippen LogP contribution in [0.3, 0.4) is 0 Å². The third-order valence-corrected chi connectivity index (χ3v) is 2.94. The summed E-state index contributed by atoms with van der Waals surface area (Å²) < 4.78 is 12.8. The number of aromatic amines is 1. The van der Waals surface area contributed by atoms with Crippen molar-refractivity contribution in [3.63, 3.8) is 0 Å². The van der Waals surface area contributed by atoms with Crippen LogP contribution in [0.2, 0.25) is 0 Å². The molecule has 0 bridgehead atoms. The van der Waals surface area contributed by atoms with Crippen LogP contribution in [0.25, 0.3) is 0 Å². The van der Waals surface area contributed by atoms with Crippen molar-refractivity contribution >= 4 is 11.7 Å². The fourth-order valence-corrected chi connectivity index (χ4v) is 1.96. The zero-order valence-corrected chi connectivity index (χ0v) is 12.2. The number of anilines is 1. The molecule has 0 atom stereocenters. The highest BCUT2D eigenvalue weighted by molar-refractivity contribution is 5.89. The molecule has 2 N–H and O–H groups in total. The van der Waals surface area contributed by atoms with Crippen LogP contribution in [-0.2, 0) is 17.8 Å². The number of halogens is 1. The lowest BCUT2D eigenvalue weighted by Gasteiger charge is -2.05. The van der Waals surface area contributed by atoms with E-state index in [9.17, 15) is 9.18 Å². The van der Waals surface area contributed by atoms with Gasteiger partial charge < -0.3 is 10.2 Å². The number of hydrogen-bond donors (Lipinski definition) is 2. The van der Waals surface area contributed by atoms with E-state index in [1.165, 1.54) is 12.1 Å². The fraction of sp³-hybridized carbons (Fsp3) is 0.333. The quantitative estimate of drug-likeness (QED) is 0.857. The van der Waals surface area contributed by atoms with E-state index in [-0.39, 0.29) is 11.7 Å². The van der Waals surface area contributed by atoms with E-state index < -0.39 is 0 Å². The molecule has 21 heavy (non-hydrogen) atoms. The van der Waals surface area contributed by atoms with Crippen LogP contribution in [0, 0.1) is 5.82 Å². The van der Waals surface area contributed by atoms with Crippen molar-refractivity contribution in [2.24, 2.45) is 0 Å². The molecule has 1 aromatic carbocycles. The Morgan fingerprint density at radius 2 is 2.05 bits per heavy atom. The minimum Gasteiger partial charge on any atom is -0.309 e. The molecule has 0 aliphatic rings. The highest BCUT2D eigenvalue weighted by Crippen LogP contribution is 2.09. The normalized spacial score (nSPS) is 10.9. The molecule has 2 aromatic rings. The second kappa shape index (κ2) is 6.99. The first-order valence-corrected chi connectivity index (χ1v) is 6.76. The van der Waals surface area contributed by atoms with E-state index >= 15 is 0 Å².